The number of benzene rings is 1. The number of rotatable bonds is 3. The van der Waals surface area contributed by atoms with E-state index in [4.69, 9.17) is 5.73 Å². The average Bonchev–Trinajstić information content (AvgIpc) is 3.04. The topological polar surface area (TPSA) is 70.4 Å². The highest BCUT2D eigenvalue weighted by molar-refractivity contribution is 5.80. The number of hydrogen-bond acceptors (Lipinski definition) is 4. The molecule has 3 rings (SSSR count). The number of amides is 1. The SMILES string of the molecule is CC(N)C1CCCN(C(=O)C2CNNC2c2ccccc2)C1. The lowest BCUT2D eigenvalue weighted by molar-refractivity contribution is -0.137. The lowest BCUT2D eigenvalue weighted by Gasteiger charge is -2.36. The number of carbonyl (C=O) groups excluding carboxylic acids is 1. The zero-order chi connectivity index (χ0) is 15.5. The van der Waals surface area contributed by atoms with Crippen LogP contribution in [0.25, 0.3) is 0 Å². The van der Waals surface area contributed by atoms with Crippen molar-refractivity contribution in [3.05, 3.63) is 35.9 Å². The highest BCUT2D eigenvalue weighted by atomic mass is 16.2. The molecule has 120 valence electrons. The van der Waals surface area contributed by atoms with Gasteiger partial charge in [-0.05, 0) is 31.2 Å². The van der Waals surface area contributed by atoms with Crippen LogP contribution in [0.2, 0.25) is 0 Å². The van der Waals surface area contributed by atoms with Crippen LogP contribution in [0.4, 0.5) is 0 Å². The molecule has 22 heavy (non-hydrogen) atoms. The van der Waals surface area contributed by atoms with Gasteiger partial charge in [0.15, 0.2) is 0 Å². The van der Waals surface area contributed by atoms with Gasteiger partial charge in [-0.1, -0.05) is 30.3 Å². The van der Waals surface area contributed by atoms with E-state index in [0.29, 0.717) is 12.5 Å². The van der Waals surface area contributed by atoms with E-state index in [1.54, 1.807) is 0 Å². The summed E-state index contributed by atoms with van der Waals surface area (Å²) in [7, 11) is 0. The van der Waals surface area contributed by atoms with Crippen molar-refractivity contribution in [1.29, 1.82) is 0 Å². The summed E-state index contributed by atoms with van der Waals surface area (Å²) in [5.41, 5.74) is 13.6. The minimum absolute atomic E-state index is 0.0457. The van der Waals surface area contributed by atoms with Crippen molar-refractivity contribution in [3.63, 3.8) is 0 Å². The molecule has 1 aromatic carbocycles. The Kier molecular flexibility index (Phi) is 4.76. The third kappa shape index (κ3) is 3.16. The predicted molar refractivity (Wildman–Crippen MR) is 86.8 cm³/mol. The van der Waals surface area contributed by atoms with Crippen LogP contribution in [0.15, 0.2) is 30.3 Å². The van der Waals surface area contributed by atoms with Gasteiger partial charge in [0.1, 0.15) is 0 Å². The Balaban J connectivity index is 1.71. The van der Waals surface area contributed by atoms with Crippen molar-refractivity contribution < 1.29 is 4.79 Å². The molecule has 0 radical (unpaired) electrons. The molecule has 4 atom stereocenters. The van der Waals surface area contributed by atoms with Gasteiger partial charge in [-0.3, -0.25) is 10.2 Å². The number of hydrogen-bond donors (Lipinski definition) is 3. The van der Waals surface area contributed by atoms with Gasteiger partial charge in [-0.25, -0.2) is 5.43 Å². The van der Waals surface area contributed by atoms with Gasteiger partial charge >= 0.3 is 0 Å². The summed E-state index contributed by atoms with van der Waals surface area (Å²) in [6, 6.07) is 10.4. The molecular weight excluding hydrogens is 276 g/mol. The molecule has 0 saturated carbocycles. The number of nitrogens with zero attached hydrogens (tertiary/aromatic N) is 1. The van der Waals surface area contributed by atoms with Crippen molar-refractivity contribution >= 4 is 5.91 Å². The first-order chi connectivity index (χ1) is 10.7. The van der Waals surface area contributed by atoms with E-state index < -0.39 is 0 Å². The summed E-state index contributed by atoms with van der Waals surface area (Å²) < 4.78 is 0. The average molecular weight is 302 g/mol. The molecular formula is C17H26N4O. The quantitative estimate of drug-likeness (QED) is 0.780. The number of nitrogens with one attached hydrogen (secondary N) is 2. The van der Waals surface area contributed by atoms with Crippen LogP contribution in [0, 0.1) is 11.8 Å². The minimum atomic E-state index is -0.0470. The van der Waals surface area contributed by atoms with Crippen molar-refractivity contribution in [3.8, 4) is 0 Å². The highest BCUT2D eigenvalue weighted by Gasteiger charge is 2.38. The summed E-state index contributed by atoms with van der Waals surface area (Å²) in [6.45, 7) is 4.39. The Labute approximate surface area is 132 Å². The van der Waals surface area contributed by atoms with E-state index in [1.807, 2.05) is 30.0 Å². The Morgan fingerprint density at radius 1 is 1.36 bits per heavy atom. The number of nitrogens with two attached hydrogens (primary N) is 1. The molecule has 0 aromatic heterocycles. The Hall–Kier alpha value is -1.43. The molecule has 4 N–H and O–H groups in total. The second kappa shape index (κ2) is 6.77. The maximum atomic E-state index is 13.0. The molecule has 2 fully saturated rings. The number of hydrazine groups is 1. The van der Waals surface area contributed by atoms with E-state index >= 15 is 0 Å². The number of piperidine rings is 1. The molecule has 2 saturated heterocycles. The lowest BCUT2D eigenvalue weighted by Crippen LogP contribution is -2.48. The molecule has 5 heteroatoms. The first-order valence-electron chi connectivity index (χ1n) is 8.24. The molecule has 1 aromatic rings. The van der Waals surface area contributed by atoms with Crippen LogP contribution in [-0.4, -0.2) is 36.5 Å². The van der Waals surface area contributed by atoms with Gasteiger partial charge in [0.2, 0.25) is 5.91 Å². The van der Waals surface area contributed by atoms with Crippen molar-refractivity contribution in [2.75, 3.05) is 19.6 Å². The minimum Gasteiger partial charge on any atom is -0.342 e. The molecule has 0 spiro atoms. The maximum Gasteiger partial charge on any atom is 0.229 e. The number of likely N-dealkylation sites (tertiary alicyclic amines) is 1. The molecule has 2 aliphatic heterocycles. The fourth-order valence-corrected chi connectivity index (χ4v) is 3.58. The first-order valence-corrected chi connectivity index (χ1v) is 8.24. The fraction of sp³-hybridized carbons (Fsp3) is 0.588. The molecule has 1 amide bonds. The smallest absolute Gasteiger partial charge is 0.229 e. The first kappa shape index (κ1) is 15.5. The molecule has 4 unspecified atom stereocenters. The zero-order valence-electron chi connectivity index (χ0n) is 13.2. The molecule has 5 nitrogen and oxygen atoms in total. The Bertz CT molecular complexity index is 505. The summed E-state index contributed by atoms with van der Waals surface area (Å²) >= 11 is 0. The van der Waals surface area contributed by atoms with Crippen LogP contribution < -0.4 is 16.6 Å². The molecule has 2 heterocycles. The van der Waals surface area contributed by atoms with Crippen molar-refractivity contribution in [2.24, 2.45) is 17.6 Å². The largest absolute Gasteiger partial charge is 0.342 e. The predicted octanol–water partition coefficient (Wildman–Crippen LogP) is 1.04. The van der Waals surface area contributed by atoms with Gasteiger partial charge in [-0.15, -0.1) is 0 Å². The van der Waals surface area contributed by atoms with Crippen LogP contribution in [-0.2, 0) is 4.79 Å². The second-order valence-corrected chi connectivity index (χ2v) is 6.57. The highest BCUT2D eigenvalue weighted by Crippen LogP contribution is 2.28. The van der Waals surface area contributed by atoms with Crippen LogP contribution >= 0.6 is 0 Å². The van der Waals surface area contributed by atoms with E-state index in [0.717, 1.165) is 31.5 Å². The zero-order valence-corrected chi connectivity index (χ0v) is 13.2. The van der Waals surface area contributed by atoms with Gasteiger partial charge in [0.05, 0.1) is 12.0 Å². The standard InChI is InChI=1S/C17H26N4O/c1-12(18)14-8-5-9-21(11-14)17(22)15-10-19-20-16(15)13-6-3-2-4-7-13/h2-4,6-7,12,14-16,19-20H,5,8-11,18H2,1H3. The normalized spacial score (nSPS) is 30.3. The summed E-state index contributed by atoms with van der Waals surface area (Å²) in [6.07, 6.45) is 2.19. The van der Waals surface area contributed by atoms with E-state index in [-0.39, 0.29) is 23.9 Å². The van der Waals surface area contributed by atoms with Gasteiger partial charge in [0, 0.05) is 25.7 Å². The third-order valence-electron chi connectivity index (χ3n) is 4.97. The van der Waals surface area contributed by atoms with Crippen LogP contribution in [0.5, 0.6) is 0 Å². The fourth-order valence-electron chi connectivity index (χ4n) is 3.58. The second-order valence-electron chi connectivity index (χ2n) is 6.57. The van der Waals surface area contributed by atoms with Gasteiger partial charge < -0.3 is 10.6 Å². The monoisotopic (exact) mass is 302 g/mol. The molecule has 2 aliphatic rings. The molecule has 0 aliphatic carbocycles. The summed E-state index contributed by atoms with van der Waals surface area (Å²) in [5, 5.41) is 0. The molecule has 0 bridgehead atoms. The lowest BCUT2D eigenvalue weighted by atomic mass is 9.89. The van der Waals surface area contributed by atoms with E-state index in [9.17, 15) is 4.79 Å². The summed E-state index contributed by atoms with van der Waals surface area (Å²) in [5.74, 6) is 0.626. The van der Waals surface area contributed by atoms with E-state index in [2.05, 4.69) is 23.0 Å². The maximum absolute atomic E-state index is 13.0. The van der Waals surface area contributed by atoms with Gasteiger partial charge in [0.25, 0.3) is 0 Å². The van der Waals surface area contributed by atoms with Crippen molar-refractivity contribution in [2.45, 2.75) is 31.8 Å². The van der Waals surface area contributed by atoms with Crippen LogP contribution in [0.3, 0.4) is 0 Å². The third-order valence-corrected chi connectivity index (χ3v) is 4.97. The Morgan fingerprint density at radius 2 is 2.14 bits per heavy atom. The van der Waals surface area contributed by atoms with E-state index in [1.165, 1.54) is 0 Å². The summed E-state index contributed by atoms with van der Waals surface area (Å²) in [4.78, 5) is 15.0. The Morgan fingerprint density at radius 3 is 2.86 bits per heavy atom. The van der Waals surface area contributed by atoms with Crippen LogP contribution in [0.1, 0.15) is 31.4 Å². The van der Waals surface area contributed by atoms with Crippen molar-refractivity contribution in [1.82, 2.24) is 15.8 Å². The van der Waals surface area contributed by atoms with Gasteiger partial charge in [-0.2, -0.15) is 0 Å². The number of carbonyl (C=O) groups is 1.